The number of carbonyl (C=O) groups is 5. The van der Waals surface area contributed by atoms with Gasteiger partial charge in [0.2, 0.25) is 23.5 Å². The lowest BCUT2D eigenvalue weighted by molar-refractivity contribution is -0.145. The molecule has 4 amide bonds. The Balaban J connectivity index is 1.26. The Labute approximate surface area is 296 Å². The fraction of sp³-hybridized carbons (Fsp3) is 0.514. The van der Waals surface area contributed by atoms with Gasteiger partial charge in [0, 0.05) is 29.3 Å². The molecule has 0 radical (unpaired) electrons. The predicted octanol–water partition coefficient (Wildman–Crippen LogP) is 3.49. The highest BCUT2D eigenvalue weighted by atomic mass is 35.5. The molecule has 2 aliphatic carbocycles. The van der Waals surface area contributed by atoms with Crippen LogP contribution in [0.2, 0.25) is 5.02 Å². The van der Waals surface area contributed by atoms with Gasteiger partial charge in [-0.05, 0) is 53.9 Å². The fourth-order valence-corrected chi connectivity index (χ4v) is 7.33. The average molecular weight is 706 g/mol. The van der Waals surface area contributed by atoms with Crippen LogP contribution in [-0.2, 0) is 28.8 Å². The summed E-state index contributed by atoms with van der Waals surface area (Å²) in [5.74, 6) is -2.80. The molecule has 6 atom stereocenters. The first kappa shape index (κ1) is 35.4. The van der Waals surface area contributed by atoms with Gasteiger partial charge in [-0.25, -0.2) is 0 Å². The smallest absolute Gasteiger partial charge is 0.287 e. The summed E-state index contributed by atoms with van der Waals surface area (Å²) in [5.41, 5.74) is 5.75. The lowest BCUT2D eigenvalue weighted by Crippen LogP contribution is -2.59. The Morgan fingerprint density at radius 3 is 2.44 bits per heavy atom. The van der Waals surface area contributed by atoms with Crippen LogP contribution < -0.4 is 21.1 Å². The number of oxime groups is 1. The number of carbonyl (C=O) groups excluding carboxylic acids is 5. The van der Waals surface area contributed by atoms with Gasteiger partial charge in [0.1, 0.15) is 17.8 Å². The molecule has 0 unspecified atom stereocenters. The van der Waals surface area contributed by atoms with Crippen molar-refractivity contribution in [3.05, 3.63) is 64.7 Å². The summed E-state index contributed by atoms with van der Waals surface area (Å²) in [7, 11) is 1.53. The molecular weight excluding hydrogens is 662 g/mol. The molecule has 0 aromatic heterocycles. The summed E-state index contributed by atoms with van der Waals surface area (Å²) >= 11 is 6.31. The molecule has 266 valence electrons. The van der Waals surface area contributed by atoms with Crippen molar-refractivity contribution in [1.82, 2.24) is 15.5 Å². The number of halogens is 1. The maximum Gasteiger partial charge on any atom is 0.287 e. The number of nitrogens with one attached hydrogen (secondary N) is 2. The Morgan fingerprint density at radius 1 is 1.08 bits per heavy atom. The van der Waals surface area contributed by atoms with Gasteiger partial charge in [0.05, 0.1) is 25.4 Å². The first-order chi connectivity index (χ1) is 23.7. The van der Waals surface area contributed by atoms with Gasteiger partial charge in [-0.15, -0.1) is 0 Å². The molecule has 6 rings (SSSR count). The topological polar surface area (TPSA) is 169 Å². The zero-order chi connectivity index (χ0) is 36.0. The van der Waals surface area contributed by atoms with Crippen molar-refractivity contribution < 1.29 is 33.5 Å². The summed E-state index contributed by atoms with van der Waals surface area (Å²) in [6, 6.07) is 11.7. The quantitative estimate of drug-likeness (QED) is 0.284. The molecule has 50 heavy (non-hydrogen) atoms. The highest BCUT2D eigenvalue weighted by Gasteiger charge is 2.56. The minimum atomic E-state index is -1.14. The molecule has 4 aliphatic rings. The molecule has 4 N–H and O–H groups in total. The van der Waals surface area contributed by atoms with Crippen molar-refractivity contribution in [3.8, 4) is 5.75 Å². The van der Waals surface area contributed by atoms with E-state index in [1.807, 2.05) is 51.1 Å². The number of benzene rings is 2. The summed E-state index contributed by atoms with van der Waals surface area (Å²) in [5, 5.41) is 10.6. The average Bonchev–Trinajstić information content (AvgIpc) is 4.00. The number of ether oxygens (including phenoxy) is 1. The summed E-state index contributed by atoms with van der Waals surface area (Å²) in [4.78, 5) is 74.6. The number of Topliss-reactive ketones (excluding diaryl/α,β-unsaturated/α-hetero) is 1. The second kappa shape index (κ2) is 13.7. The summed E-state index contributed by atoms with van der Waals surface area (Å²) in [6.45, 7) is 5.55. The van der Waals surface area contributed by atoms with E-state index in [0.717, 1.165) is 18.4 Å². The Bertz CT molecular complexity index is 1720. The molecule has 1 spiro atoms. The number of primary amides is 1. The van der Waals surface area contributed by atoms with Crippen molar-refractivity contribution >= 4 is 46.7 Å². The number of nitrogens with zero attached hydrogens (tertiary/aromatic N) is 2. The molecule has 2 aromatic rings. The van der Waals surface area contributed by atoms with E-state index in [-0.39, 0.29) is 49.5 Å². The number of methoxy groups -OCH3 is 1. The van der Waals surface area contributed by atoms with Crippen LogP contribution in [0.5, 0.6) is 5.75 Å². The van der Waals surface area contributed by atoms with Crippen LogP contribution in [0.1, 0.15) is 76.3 Å². The van der Waals surface area contributed by atoms with Crippen LogP contribution in [0, 0.1) is 17.3 Å². The van der Waals surface area contributed by atoms with Gasteiger partial charge in [0.15, 0.2) is 5.60 Å². The van der Waals surface area contributed by atoms with Gasteiger partial charge < -0.3 is 30.8 Å². The van der Waals surface area contributed by atoms with E-state index in [4.69, 9.17) is 26.9 Å². The van der Waals surface area contributed by atoms with Crippen LogP contribution in [0.4, 0.5) is 0 Å². The molecule has 12 nitrogen and oxygen atoms in total. The molecule has 2 heterocycles. The lowest BCUT2D eigenvalue weighted by Gasteiger charge is -2.35. The van der Waals surface area contributed by atoms with Crippen molar-refractivity contribution in [2.75, 3.05) is 13.7 Å². The third-order valence-corrected chi connectivity index (χ3v) is 10.4. The molecule has 2 aromatic carbocycles. The van der Waals surface area contributed by atoms with Crippen LogP contribution in [0.15, 0.2) is 53.7 Å². The second-order valence-electron chi connectivity index (χ2n) is 15.2. The molecular formula is C37H44ClN5O7. The minimum absolute atomic E-state index is 0.0185. The van der Waals surface area contributed by atoms with Gasteiger partial charge >= 0.3 is 0 Å². The van der Waals surface area contributed by atoms with Crippen molar-refractivity contribution in [2.45, 2.75) is 88.9 Å². The number of nitrogens with two attached hydrogens (primary N) is 1. The first-order valence-corrected chi connectivity index (χ1v) is 17.5. The zero-order valence-corrected chi connectivity index (χ0v) is 29.5. The molecule has 2 aliphatic heterocycles. The van der Waals surface area contributed by atoms with E-state index in [2.05, 4.69) is 15.8 Å². The van der Waals surface area contributed by atoms with Crippen molar-refractivity contribution in [2.24, 2.45) is 28.1 Å². The zero-order valence-electron chi connectivity index (χ0n) is 28.7. The van der Waals surface area contributed by atoms with Crippen LogP contribution in [-0.4, -0.2) is 77.4 Å². The first-order valence-electron chi connectivity index (χ1n) is 17.1. The molecule has 1 saturated heterocycles. The predicted molar refractivity (Wildman–Crippen MR) is 185 cm³/mol. The number of amides is 4. The number of hydrogen-bond acceptors (Lipinski definition) is 8. The van der Waals surface area contributed by atoms with Gasteiger partial charge in [-0.2, -0.15) is 0 Å². The Kier molecular flexibility index (Phi) is 9.69. The van der Waals surface area contributed by atoms with E-state index < -0.39 is 52.6 Å². The third kappa shape index (κ3) is 7.50. The fourth-order valence-electron chi connectivity index (χ4n) is 7.15. The highest BCUT2D eigenvalue weighted by molar-refractivity contribution is 6.37. The number of rotatable bonds is 12. The van der Waals surface area contributed by atoms with E-state index in [1.165, 1.54) is 12.0 Å². The highest BCUT2D eigenvalue weighted by Crippen LogP contribution is 2.48. The monoisotopic (exact) mass is 705 g/mol. The van der Waals surface area contributed by atoms with E-state index in [1.54, 1.807) is 18.2 Å². The van der Waals surface area contributed by atoms with E-state index in [9.17, 15) is 24.0 Å². The molecule has 2 saturated carbocycles. The molecule has 0 bridgehead atoms. The van der Waals surface area contributed by atoms with Crippen molar-refractivity contribution in [3.63, 3.8) is 0 Å². The maximum absolute atomic E-state index is 14.6. The molecule has 3 fully saturated rings. The summed E-state index contributed by atoms with van der Waals surface area (Å²) < 4.78 is 5.54. The van der Waals surface area contributed by atoms with Crippen LogP contribution in [0.25, 0.3) is 0 Å². The van der Waals surface area contributed by atoms with Gasteiger partial charge in [-0.3, -0.25) is 24.0 Å². The van der Waals surface area contributed by atoms with Crippen molar-refractivity contribution in [1.29, 1.82) is 0 Å². The van der Waals surface area contributed by atoms with Gasteiger partial charge in [0.25, 0.3) is 5.91 Å². The van der Waals surface area contributed by atoms with E-state index in [0.29, 0.717) is 28.5 Å². The summed E-state index contributed by atoms with van der Waals surface area (Å²) in [6.07, 6.45) is 3.00. The third-order valence-electron chi connectivity index (χ3n) is 10.2. The number of likely N-dealkylation sites (tertiary alicyclic amines) is 1. The maximum atomic E-state index is 14.6. The lowest BCUT2D eigenvalue weighted by atomic mass is 9.85. The second-order valence-corrected chi connectivity index (χ2v) is 15.6. The molecule has 13 heteroatoms. The number of ketones is 1. The van der Waals surface area contributed by atoms with Gasteiger partial charge in [-0.1, -0.05) is 80.7 Å². The Morgan fingerprint density at radius 2 is 1.80 bits per heavy atom. The number of hydrogen-bond donors (Lipinski definition) is 3. The Hall–Kier alpha value is -4.45. The largest absolute Gasteiger partial charge is 0.496 e. The normalized spacial score (nSPS) is 25.3. The standard InChI is InChI=1S/C37H44ClN5O7/c1-36(2,3)31(41-33(46)24-16-23(24)21-8-6-5-7-9-21)35(48)43-19-37(17-27(42-50-37)25-15-22(38)12-13-29(25)49-4)18-28(43)34(47)40-26(14-20-10-11-20)30(44)32(39)45/h5-9,12-13,15,20,23-24,26,28,31H,10-11,14,16-19H2,1-4H3,(H2,39,45)(H,40,47)(H,41,46)/t23-,24+,26-,28-,31+,37+/m0/s1. The van der Waals surface area contributed by atoms with E-state index >= 15 is 0 Å². The minimum Gasteiger partial charge on any atom is -0.496 e. The van der Waals surface area contributed by atoms with Crippen LogP contribution in [0.3, 0.4) is 0 Å². The SMILES string of the molecule is COc1ccc(Cl)cc1C1=NO[C@]2(C1)C[C@@H](C(=O)N[C@@H](CC1CC1)C(=O)C(N)=O)N(C(=O)[C@@H](NC(=O)[C@@H]1C[C@H]1c1ccccc1)C(C)(C)C)C2. The van der Waals surface area contributed by atoms with Crippen LogP contribution >= 0.6 is 11.6 Å².